The molecule has 0 bridgehead atoms. The molecule has 2 N–H and O–H groups in total. The summed E-state index contributed by atoms with van der Waals surface area (Å²) in [4.78, 5) is 9.88. The molecule has 0 aliphatic rings. The Bertz CT molecular complexity index is 533. The van der Waals surface area contributed by atoms with E-state index in [1.54, 1.807) is 16.9 Å². The van der Waals surface area contributed by atoms with E-state index in [9.17, 15) is 10.1 Å². The number of rotatable bonds is 6. The van der Waals surface area contributed by atoms with Crippen LogP contribution in [-0.4, -0.2) is 26.5 Å². The standard InChI is InChI=1S/C10H13N5O3/c11-5-1-2-8-6-14(13-12-8)7-9-3-4-10(18-9)15(16)17/h3-4,6H,1-2,5,7,11H2. The van der Waals surface area contributed by atoms with Gasteiger partial charge in [-0.2, -0.15) is 0 Å². The maximum Gasteiger partial charge on any atom is 0.433 e. The molecule has 96 valence electrons. The number of nitro groups is 1. The number of nitrogens with zero attached hydrogens (tertiary/aromatic N) is 4. The fourth-order valence-electron chi connectivity index (χ4n) is 1.52. The summed E-state index contributed by atoms with van der Waals surface area (Å²) >= 11 is 0. The minimum atomic E-state index is -0.572. The highest BCUT2D eigenvalue weighted by molar-refractivity contribution is 5.17. The van der Waals surface area contributed by atoms with Gasteiger partial charge in [-0.3, -0.25) is 10.1 Å². The Labute approximate surface area is 103 Å². The molecule has 2 heterocycles. The van der Waals surface area contributed by atoms with Crippen LogP contribution < -0.4 is 5.73 Å². The van der Waals surface area contributed by atoms with Crippen molar-refractivity contribution in [1.82, 2.24) is 15.0 Å². The highest BCUT2D eigenvalue weighted by Crippen LogP contribution is 2.16. The van der Waals surface area contributed by atoms with Crippen LogP contribution in [-0.2, 0) is 13.0 Å². The lowest BCUT2D eigenvalue weighted by molar-refractivity contribution is -0.402. The normalized spacial score (nSPS) is 10.7. The molecule has 0 radical (unpaired) electrons. The Morgan fingerprint density at radius 3 is 3.00 bits per heavy atom. The molecule has 18 heavy (non-hydrogen) atoms. The van der Waals surface area contributed by atoms with E-state index < -0.39 is 4.92 Å². The molecule has 0 aromatic carbocycles. The number of aromatic nitrogens is 3. The zero-order chi connectivity index (χ0) is 13.0. The third-order valence-electron chi connectivity index (χ3n) is 2.37. The molecule has 0 unspecified atom stereocenters. The lowest BCUT2D eigenvalue weighted by Crippen LogP contribution is -2.00. The van der Waals surface area contributed by atoms with Crippen molar-refractivity contribution >= 4 is 5.88 Å². The summed E-state index contributed by atoms with van der Waals surface area (Å²) in [6.45, 7) is 0.931. The monoisotopic (exact) mass is 251 g/mol. The number of furan rings is 1. The van der Waals surface area contributed by atoms with Crippen molar-refractivity contribution in [1.29, 1.82) is 0 Å². The van der Waals surface area contributed by atoms with Gasteiger partial charge >= 0.3 is 5.88 Å². The molecule has 8 nitrogen and oxygen atoms in total. The summed E-state index contributed by atoms with van der Waals surface area (Å²) in [5.41, 5.74) is 6.25. The van der Waals surface area contributed by atoms with E-state index in [0.717, 1.165) is 18.5 Å². The van der Waals surface area contributed by atoms with Crippen LogP contribution in [0, 0.1) is 10.1 Å². The predicted octanol–water partition coefficient (Wildman–Crippen LogP) is 0.719. The largest absolute Gasteiger partial charge is 0.433 e. The van der Waals surface area contributed by atoms with Crippen LogP contribution >= 0.6 is 0 Å². The number of hydrogen-bond acceptors (Lipinski definition) is 6. The highest BCUT2D eigenvalue weighted by atomic mass is 16.6. The topological polar surface area (TPSA) is 113 Å². The zero-order valence-corrected chi connectivity index (χ0v) is 9.65. The SMILES string of the molecule is NCCCc1cn(Cc2ccc([N+](=O)[O-])o2)nn1. The molecule has 0 saturated heterocycles. The van der Waals surface area contributed by atoms with Crippen LogP contribution in [0.5, 0.6) is 0 Å². The average Bonchev–Trinajstić information content (AvgIpc) is 2.96. The lowest BCUT2D eigenvalue weighted by Gasteiger charge is -1.94. The van der Waals surface area contributed by atoms with E-state index >= 15 is 0 Å². The van der Waals surface area contributed by atoms with Crippen molar-refractivity contribution in [2.24, 2.45) is 5.73 Å². The minimum absolute atomic E-state index is 0.270. The van der Waals surface area contributed by atoms with Crippen LogP contribution in [0.15, 0.2) is 22.7 Å². The van der Waals surface area contributed by atoms with Crippen molar-refractivity contribution < 1.29 is 9.34 Å². The molecular weight excluding hydrogens is 238 g/mol. The van der Waals surface area contributed by atoms with Crippen LogP contribution in [0.4, 0.5) is 5.88 Å². The first-order valence-corrected chi connectivity index (χ1v) is 5.51. The first kappa shape index (κ1) is 12.2. The fraction of sp³-hybridized carbons (Fsp3) is 0.400. The molecule has 0 aliphatic heterocycles. The van der Waals surface area contributed by atoms with E-state index in [-0.39, 0.29) is 5.88 Å². The van der Waals surface area contributed by atoms with Gasteiger partial charge in [0.25, 0.3) is 0 Å². The Morgan fingerprint density at radius 2 is 2.33 bits per heavy atom. The van der Waals surface area contributed by atoms with E-state index in [1.807, 2.05) is 0 Å². The summed E-state index contributed by atoms with van der Waals surface area (Å²) in [5, 5.41) is 18.3. The van der Waals surface area contributed by atoms with Gasteiger partial charge in [-0.15, -0.1) is 5.10 Å². The van der Waals surface area contributed by atoms with E-state index in [2.05, 4.69) is 10.3 Å². The second-order valence-electron chi connectivity index (χ2n) is 3.80. The minimum Gasteiger partial charge on any atom is -0.404 e. The van der Waals surface area contributed by atoms with Gasteiger partial charge in [-0.05, 0) is 25.5 Å². The Kier molecular flexibility index (Phi) is 3.68. The quantitative estimate of drug-likeness (QED) is 0.597. The Morgan fingerprint density at radius 1 is 1.50 bits per heavy atom. The van der Waals surface area contributed by atoms with E-state index in [1.165, 1.54) is 6.07 Å². The third kappa shape index (κ3) is 2.92. The summed E-state index contributed by atoms with van der Waals surface area (Å²) in [5.74, 6) is 0.199. The fourth-order valence-corrected chi connectivity index (χ4v) is 1.52. The molecule has 0 atom stereocenters. The zero-order valence-electron chi connectivity index (χ0n) is 9.65. The molecule has 2 aromatic rings. The first-order valence-electron chi connectivity index (χ1n) is 5.51. The number of nitrogens with two attached hydrogens (primary N) is 1. The smallest absolute Gasteiger partial charge is 0.404 e. The number of aryl methyl sites for hydroxylation is 1. The average molecular weight is 251 g/mol. The van der Waals surface area contributed by atoms with E-state index in [4.69, 9.17) is 10.2 Å². The van der Waals surface area contributed by atoms with Gasteiger partial charge in [0, 0.05) is 6.20 Å². The summed E-state index contributed by atoms with van der Waals surface area (Å²) in [6.07, 6.45) is 3.41. The molecule has 2 rings (SSSR count). The second kappa shape index (κ2) is 5.41. The summed E-state index contributed by atoms with van der Waals surface area (Å²) in [6, 6.07) is 2.88. The molecule has 2 aromatic heterocycles. The van der Waals surface area contributed by atoms with Gasteiger partial charge < -0.3 is 10.2 Å². The third-order valence-corrected chi connectivity index (χ3v) is 2.37. The van der Waals surface area contributed by atoms with Gasteiger partial charge in [-0.1, -0.05) is 5.21 Å². The van der Waals surface area contributed by atoms with Crippen molar-refractivity contribution in [2.75, 3.05) is 6.54 Å². The predicted molar refractivity (Wildman–Crippen MR) is 61.9 cm³/mol. The van der Waals surface area contributed by atoms with Gasteiger partial charge in [0.1, 0.15) is 17.2 Å². The molecule has 0 aliphatic carbocycles. The summed E-state index contributed by atoms with van der Waals surface area (Å²) < 4.78 is 6.61. The second-order valence-corrected chi connectivity index (χ2v) is 3.80. The van der Waals surface area contributed by atoms with Crippen LogP contribution in [0.2, 0.25) is 0 Å². The molecule has 0 saturated carbocycles. The van der Waals surface area contributed by atoms with Crippen LogP contribution in [0.3, 0.4) is 0 Å². The van der Waals surface area contributed by atoms with Crippen LogP contribution in [0.25, 0.3) is 0 Å². The van der Waals surface area contributed by atoms with Gasteiger partial charge in [-0.25, -0.2) is 4.68 Å². The maximum absolute atomic E-state index is 10.5. The molecule has 0 fully saturated rings. The Balaban J connectivity index is 1.99. The van der Waals surface area contributed by atoms with Crippen molar-refractivity contribution in [3.63, 3.8) is 0 Å². The van der Waals surface area contributed by atoms with Crippen LogP contribution in [0.1, 0.15) is 17.9 Å². The number of hydrogen-bond donors (Lipinski definition) is 1. The lowest BCUT2D eigenvalue weighted by atomic mass is 10.2. The van der Waals surface area contributed by atoms with Gasteiger partial charge in [0.05, 0.1) is 11.8 Å². The van der Waals surface area contributed by atoms with E-state index in [0.29, 0.717) is 18.8 Å². The molecular formula is C10H13N5O3. The molecule has 8 heteroatoms. The molecule has 0 spiro atoms. The summed E-state index contributed by atoms with van der Waals surface area (Å²) in [7, 11) is 0. The Hall–Kier alpha value is -2.22. The van der Waals surface area contributed by atoms with Crippen molar-refractivity contribution in [3.8, 4) is 0 Å². The highest BCUT2D eigenvalue weighted by Gasteiger charge is 2.12. The maximum atomic E-state index is 10.5. The van der Waals surface area contributed by atoms with Gasteiger partial charge in [0.15, 0.2) is 0 Å². The van der Waals surface area contributed by atoms with Gasteiger partial charge in [0.2, 0.25) is 0 Å². The first-order chi connectivity index (χ1) is 8.69. The molecule has 0 amide bonds. The van der Waals surface area contributed by atoms with Crippen molar-refractivity contribution in [2.45, 2.75) is 19.4 Å². The van der Waals surface area contributed by atoms with Crippen molar-refractivity contribution in [3.05, 3.63) is 39.9 Å².